The summed E-state index contributed by atoms with van der Waals surface area (Å²) in [5.41, 5.74) is 4.74. The zero-order valence-electron chi connectivity index (χ0n) is 9.04. The zero-order valence-corrected chi connectivity index (χ0v) is 9.04. The first kappa shape index (κ1) is 11.7. The molecule has 0 aliphatic heterocycles. The number of rotatable bonds is 5. The molecule has 1 amide bonds. The van der Waals surface area contributed by atoms with Gasteiger partial charge in [0.25, 0.3) is 0 Å². The molecule has 0 aliphatic rings. The van der Waals surface area contributed by atoms with Gasteiger partial charge in [-0.15, -0.1) is 0 Å². The minimum Gasteiger partial charge on any atom is -0.326 e. The third-order valence-electron chi connectivity index (χ3n) is 1.80. The lowest BCUT2D eigenvalue weighted by atomic mass is 10.2. The summed E-state index contributed by atoms with van der Waals surface area (Å²) in [6, 6.07) is 7.61. The number of amides is 1. The third-order valence-corrected chi connectivity index (χ3v) is 1.80. The van der Waals surface area contributed by atoms with Crippen LogP contribution in [0.4, 0.5) is 5.69 Å². The lowest BCUT2D eigenvalue weighted by Gasteiger charge is -2.05. The van der Waals surface area contributed by atoms with Gasteiger partial charge in [0.15, 0.2) is 0 Å². The molecule has 0 radical (unpaired) electrons. The summed E-state index contributed by atoms with van der Waals surface area (Å²) in [5.74, 6) is -0.0600. The topological polar surface area (TPSA) is 50.4 Å². The maximum absolute atomic E-state index is 10.8. The van der Waals surface area contributed by atoms with Crippen LogP contribution < -0.4 is 10.8 Å². The van der Waals surface area contributed by atoms with E-state index in [2.05, 4.69) is 10.8 Å². The van der Waals surface area contributed by atoms with Crippen molar-refractivity contribution in [3.05, 3.63) is 29.8 Å². The lowest BCUT2D eigenvalue weighted by molar-refractivity contribution is -0.114. The van der Waals surface area contributed by atoms with Crippen LogP contribution in [0.5, 0.6) is 0 Å². The fourth-order valence-electron chi connectivity index (χ4n) is 1.15. The number of hydrogen-bond donors (Lipinski definition) is 2. The van der Waals surface area contributed by atoms with Crippen molar-refractivity contribution < 1.29 is 9.63 Å². The van der Waals surface area contributed by atoms with Crippen molar-refractivity contribution in [3.63, 3.8) is 0 Å². The van der Waals surface area contributed by atoms with Gasteiger partial charge < -0.3 is 10.2 Å². The van der Waals surface area contributed by atoms with Crippen LogP contribution in [0.25, 0.3) is 0 Å². The summed E-state index contributed by atoms with van der Waals surface area (Å²) in [4.78, 5) is 15.8. The number of nitrogens with one attached hydrogen (secondary N) is 2. The molecule has 0 spiro atoms. The molecule has 0 saturated carbocycles. The van der Waals surface area contributed by atoms with Crippen molar-refractivity contribution >= 4 is 11.6 Å². The van der Waals surface area contributed by atoms with Crippen LogP contribution in [-0.4, -0.2) is 12.5 Å². The summed E-state index contributed by atoms with van der Waals surface area (Å²) < 4.78 is 0. The second-order valence-corrected chi connectivity index (χ2v) is 3.13. The Morgan fingerprint density at radius 1 is 1.33 bits per heavy atom. The van der Waals surface area contributed by atoms with E-state index in [-0.39, 0.29) is 5.91 Å². The van der Waals surface area contributed by atoms with E-state index in [9.17, 15) is 4.79 Å². The van der Waals surface area contributed by atoms with Crippen LogP contribution in [0.15, 0.2) is 24.3 Å². The fraction of sp³-hybridized carbons (Fsp3) is 0.364. The van der Waals surface area contributed by atoms with Crippen LogP contribution in [0, 0.1) is 0 Å². The van der Waals surface area contributed by atoms with Gasteiger partial charge in [-0.2, -0.15) is 5.48 Å². The van der Waals surface area contributed by atoms with Crippen LogP contribution in [0.3, 0.4) is 0 Å². The van der Waals surface area contributed by atoms with Gasteiger partial charge in [0.05, 0.1) is 6.61 Å². The first-order valence-electron chi connectivity index (χ1n) is 4.93. The molecule has 1 rings (SSSR count). The van der Waals surface area contributed by atoms with Gasteiger partial charge in [-0.05, 0) is 24.6 Å². The minimum atomic E-state index is -0.0600. The van der Waals surface area contributed by atoms with E-state index in [1.807, 2.05) is 31.2 Å². The third kappa shape index (κ3) is 4.58. The van der Waals surface area contributed by atoms with E-state index >= 15 is 0 Å². The van der Waals surface area contributed by atoms with Gasteiger partial charge in [0.1, 0.15) is 0 Å². The predicted octanol–water partition coefficient (Wildman–Crippen LogP) is 1.69. The highest BCUT2D eigenvalue weighted by atomic mass is 16.6. The van der Waals surface area contributed by atoms with Crippen molar-refractivity contribution in [3.8, 4) is 0 Å². The Bertz CT molecular complexity index is 309. The van der Waals surface area contributed by atoms with E-state index in [1.165, 1.54) is 6.92 Å². The summed E-state index contributed by atoms with van der Waals surface area (Å²) in [5, 5.41) is 2.71. The van der Waals surface area contributed by atoms with Crippen molar-refractivity contribution in [2.75, 3.05) is 11.9 Å². The Kier molecular flexibility index (Phi) is 4.80. The number of carbonyl (C=O) groups is 1. The average Bonchev–Trinajstić information content (AvgIpc) is 2.20. The van der Waals surface area contributed by atoms with E-state index < -0.39 is 0 Å². The van der Waals surface area contributed by atoms with Crippen LogP contribution in [-0.2, 0) is 16.2 Å². The molecule has 2 N–H and O–H groups in total. The van der Waals surface area contributed by atoms with Gasteiger partial charge in [-0.3, -0.25) is 4.79 Å². The molecule has 1 aromatic carbocycles. The Morgan fingerprint density at radius 2 is 2.00 bits per heavy atom. The van der Waals surface area contributed by atoms with Crippen molar-refractivity contribution in [1.82, 2.24) is 5.48 Å². The van der Waals surface area contributed by atoms with Gasteiger partial charge in [0.2, 0.25) is 5.91 Å². The maximum atomic E-state index is 10.8. The van der Waals surface area contributed by atoms with E-state index in [1.54, 1.807) is 0 Å². The molecule has 82 valence electrons. The molecule has 0 aliphatic carbocycles. The Labute approximate surface area is 89.6 Å². The molecule has 4 heteroatoms. The molecule has 4 nitrogen and oxygen atoms in total. The fourth-order valence-corrected chi connectivity index (χ4v) is 1.15. The highest BCUT2D eigenvalue weighted by molar-refractivity contribution is 5.88. The zero-order chi connectivity index (χ0) is 11.1. The number of benzene rings is 1. The largest absolute Gasteiger partial charge is 0.326 e. The summed E-state index contributed by atoms with van der Waals surface area (Å²) in [6.07, 6.45) is 0. The Hall–Kier alpha value is -1.39. The predicted molar refractivity (Wildman–Crippen MR) is 59.2 cm³/mol. The molecule has 0 saturated heterocycles. The summed E-state index contributed by atoms with van der Waals surface area (Å²) in [6.45, 7) is 4.72. The molecule has 0 atom stereocenters. The van der Waals surface area contributed by atoms with Crippen LogP contribution in [0.1, 0.15) is 19.4 Å². The average molecular weight is 208 g/mol. The van der Waals surface area contributed by atoms with Gasteiger partial charge in [0, 0.05) is 19.2 Å². The van der Waals surface area contributed by atoms with Gasteiger partial charge >= 0.3 is 0 Å². The smallest absolute Gasteiger partial charge is 0.221 e. The summed E-state index contributed by atoms with van der Waals surface area (Å²) in [7, 11) is 0. The molecule has 0 fully saturated rings. The Balaban J connectivity index is 2.45. The highest BCUT2D eigenvalue weighted by Crippen LogP contribution is 2.09. The second-order valence-electron chi connectivity index (χ2n) is 3.13. The van der Waals surface area contributed by atoms with E-state index in [0.29, 0.717) is 13.2 Å². The normalized spacial score (nSPS) is 10.0. The Morgan fingerprint density at radius 3 is 2.53 bits per heavy atom. The molecule has 0 unspecified atom stereocenters. The van der Waals surface area contributed by atoms with Crippen molar-refractivity contribution in [2.45, 2.75) is 20.4 Å². The number of anilines is 1. The summed E-state index contributed by atoms with van der Waals surface area (Å²) >= 11 is 0. The van der Waals surface area contributed by atoms with Gasteiger partial charge in [-0.1, -0.05) is 12.1 Å². The number of carbonyl (C=O) groups excluding carboxylic acids is 1. The quantitative estimate of drug-likeness (QED) is 0.572. The minimum absolute atomic E-state index is 0.0600. The first-order chi connectivity index (χ1) is 7.22. The monoisotopic (exact) mass is 208 g/mol. The second kappa shape index (κ2) is 6.16. The van der Waals surface area contributed by atoms with Gasteiger partial charge in [-0.25, -0.2) is 0 Å². The van der Waals surface area contributed by atoms with Crippen molar-refractivity contribution in [2.24, 2.45) is 0 Å². The van der Waals surface area contributed by atoms with Crippen molar-refractivity contribution in [1.29, 1.82) is 0 Å². The highest BCUT2D eigenvalue weighted by Gasteiger charge is 1.96. The SMILES string of the molecule is CCONCc1ccc(NC(C)=O)cc1. The lowest BCUT2D eigenvalue weighted by Crippen LogP contribution is -2.13. The first-order valence-corrected chi connectivity index (χ1v) is 4.93. The molecule has 0 heterocycles. The molecular formula is C11H16N2O2. The van der Waals surface area contributed by atoms with Crippen LogP contribution >= 0.6 is 0 Å². The maximum Gasteiger partial charge on any atom is 0.221 e. The van der Waals surface area contributed by atoms with Crippen LogP contribution in [0.2, 0.25) is 0 Å². The molecule has 0 bridgehead atoms. The standard InChI is InChI=1S/C11H16N2O2/c1-3-15-12-8-10-4-6-11(7-5-10)13-9(2)14/h4-7,12H,3,8H2,1-2H3,(H,13,14). The molecule has 1 aromatic rings. The van der Waals surface area contributed by atoms with E-state index in [4.69, 9.17) is 4.84 Å². The number of hydroxylamine groups is 1. The molecule has 15 heavy (non-hydrogen) atoms. The van der Waals surface area contributed by atoms with E-state index in [0.717, 1.165) is 11.3 Å². The molecule has 0 aromatic heterocycles. The number of hydrogen-bond acceptors (Lipinski definition) is 3. The molecular weight excluding hydrogens is 192 g/mol.